The molecule has 0 unspecified atom stereocenters. The molecule has 0 spiro atoms. The molecular weight excluding hydrogens is 443 g/mol. The molecule has 8 heteroatoms. The van der Waals surface area contributed by atoms with Crippen LogP contribution in [0.15, 0.2) is 48.7 Å². The lowest BCUT2D eigenvalue weighted by Crippen LogP contribution is -2.32. The Kier molecular flexibility index (Phi) is 6.00. The van der Waals surface area contributed by atoms with Crippen molar-refractivity contribution in [2.45, 2.75) is 26.3 Å². The van der Waals surface area contributed by atoms with Crippen LogP contribution >= 0.6 is 23.2 Å². The van der Waals surface area contributed by atoms with Crippen molar-refractivity contribution in [3.63, 3.8) is 0 Å². The average molecular weight is 467 g/mol. The van der Waals surface area contributed by atoms with Gasteiger partial charge in [0.1, 0.15) is 11.3 Å². The van der Waals surface area contributed by atoms with Crippen molar-refractivity contribution < 1.29 is 0 Å². The molecular formula is C24H24Cl2N6. The lowest BCUT2D eigenvalue weighted by atomic mass is 9.99. The van der Waals surface area contributed by atoms with E-state index in [2.05, 4.69) is 39.2 Å². The zero-order valence-electron chi connectivity index (χ0n) is 17.8. The maximum Gasteiger partial charge on any atom is 0.229 e. The van der Waals surface area contributed by atoms with E-state index in [9.17, 15) is 0 Å². The van der Waals surface area contributed by atoms with E-state index in [0.29, 0.717) is 27.4 Å². The number of halogens is 2. The van der Waals surface area contributed by atoms with Gasteiger partial charge in [-0.2, -0.15) is 4.98 Å². The topological polar surface area (TPSA) is 67.7 Å². The van der Waals surface area contributed by atoms with E-state index >= 15 is 0 Å². The molecule has 1 fully saturated rings. The van der Waals surface area contributed by atoms with Crippen molar-refractivity contribution in [2.24, 2.45) is 5.92 Å². The number of nitrogens with zero attached hydrogens (tertiary/aromatic N) is 4. The Morgan fingerprint density at radius 3 is 2.59 bits per heavy atom. The third-order valence-corrected chi connectivity index (χ3v) is 6.45. The summed E-state index contributed by atoms with van der Waals surface area (Å²) in [6, 6.07) is 13.7. The summed E-state index contributed by atoms with van der Waals surface area (Å²) in [5.41, 5.74) is 4.35. The minimum absolute atomic E-state index is 0.477. The van der Waals surface area contributed by atoms with E-state index in [1.54, 1.807) is 6.20 Å². The first-order chi connectivity index (χ1) is 15.6. The van der Waals surface area contributed by atoms with Gasteiger partial charge in [-0.25, -0.2) is 9.97 Å². The second-order valence-electron chi connectivity index (χ2n) is 8.25. The number of fused-ring (bicyclic) bond motifs is 1. The summed E-state index contributed by atoms with van der Waals surface area (Å²) in [6.45, 7) is 4.87. The molecule has 4 aromatic rings. The number of imidazole rings is 1. The molecule has 2 aromatic carbocycles. The predicted molar refractivity (Wildman–Crippen MR) is 131 cm³/mol. The van der Waals surface area contributed by atoms with E-state index in [0.717, 1.165) is 55.2 Å². The fraction of sp³-hybridized carbons (Fsp3) is 0.292. The van der Waals surface area contributed by atoms with Gasteiger partial charge in [0.25, 0.3) is 0 Å². The Labute approximate surface area is 197 Å². The van der Waals surface area contributed by atoms with E-state index in [1.807, 2.05) is 30.3 Å². The van der Waals surface area contributed by atoms with Crippen LogP contribution in [-0.2, 0) is 6.54 Å². The van der Waals surface area contributed by atoms with Gasteiger partial charge in [0.05, 0.1) is 21.8 Å². The maximum absolute atomic E-state index is 6.56. The minimum Gasteiger partial charge on any atom is -0.324 e. The summed E-state index contributed by atoms with van der Waals surface area (Å²) in [4.78, 5) is 14.2. The fourth-order valence-corrected chi connectivity index (χ4v) is 4.72. The standard InChI is InChI=1S/C24H24Cl2N6/c1-15-7-9-17(10-8-15)29-24-28-13-20-22(31-24)32(14-16-4-3-11-27-12-16)23(30-20)21-18(25)5-2-6-19(21)26/h2,5-10,13,16,27H,3-4,11-12,14H2,1H3,(H,28,29,31)/t16-/m1/s1. The molecule has 1 atom stereocenters. The summed E-state index contributed by atoms with van der Waals surface area (Å²) < 4.78 is 2.14. The van der Waals surface area contributed by atoms with Gasteiger partial charge in [-0.05, 0) is 63.0 Å². The molecule has 1 saturated heterocycles. The van der Waals surface area contributed by atoms with Gasteiger partial charge in [-0.15, -0.1) is 0 Å². The lowest BCUT2D eigenvalue weighted by molar-refractivity contribution is 0.341. The number of aromatic nitrogens is 4. The number of rotatable bonds is 5. The second kappa shape index (κ2) is 9.06. The first-order valence-electron chi connectivity index (χ1n) is 10.8. The SMILES string of the molecule is Cc1ccc(Nc2ncc3nc(-c4c(Cl)cccc4Cl)n(C[C@@H]4CCCNC4)c3n2)cc1. The molecule has 5 rings (SSSR count). The molecule has 0 aliphatic carbocycles. The summed E-state index contributed by atoms with van der Waals surface area (Å²) in [5, 5.41) is 7.94. The molecule has 0 saturated carbocycles. The van der Waals surface area contributed by atoms with Crippen molar-refractivity contribution >= 4 is 46.0 Å². The molecule has 1 aliphatic heterocycles. The normalized spacial score (nSPS) is 16.4. The second-order valence-corrected chi connectivity index (χ2v) is 9.06. The van der Waals surface area contributed by atoms with Gasteiger partial charge < -0.3 is 15.2 Å². The van der Waals surface area contributed by atoms with Crippen LogP contribution in [0, 0.1) is 12.8 Å². The highest BCUT2D eigenvalue weighted by Crippen LogP contribution is 2.36. The zero-order chi connectivity index (χ0) is 22.1. The van der Waals surface area contributed by atoms with E-state index in [-0.39, 0.29) is 0 Å². The Morgan fingerprint density at radius 1 is 1.09 bits per heavy atom. The van der Waals surface area contributed by atoms with E-state index in [4.69, 9.17) is 33.2 Å². The van der Waals surface area contributed by atoms with Crippen molar-refractivity contribution in [3.8, 4) is 11.4 Å². The van der Waals surface area contributed by atoms with Crippen LogP contribution in [0.25, 0.3) is 22.6 Å². The summed E-state index contributed by atoms with van der Waals surface area (Å²) in [6.07, 6.45) is 4.07. The number of hydrogen-bond donors (Lipinski definition) is 2. The number of hydrogen-bond acceptors (Lipinski definition) is 5. The van der Waals surface area contributed by atoms with Gasteiger partial charge in [-0.1, -0.05) is 47.0 Å². The Bertz CT molecular complexity index is 1230. The molecule has 0 radical (unpaired) electrons. The van der Waals surface area contributed by atoms with Crippen molar-refractivity contribution in [1.29, 1.82) is 0 Å². The van der Waals surface area contributed by atoms with Crippen molar-refractivity contribution in [3.05, 3.63) is 64.3 Å². The highest BCUT2D eigenvalue weighted by atomic mass is 35.5. The molecule has 0 bridgehead atoms. The first-order valence-corrected chi connectivity index (χ1v) is 11.6. The van der Waals surface area contributed by atoms with E-state index < -0.39 is 0 Å². The monoisotopic (exact) mass is 466 g/mol. The number of benzene rings is 2. The average Bonchev–Trinajstić information content (AvgIpc) is 3.13. The number of piperidine rings is 1. The molecule has 2 N–H and O–H groups in total. The quantitative estimate of drug-likeness (QED) is 0.385. The zero-order valence-corrected chi connectivity index (χ0v) is 19.3. The molecule has 6 nitrogen and oxygen atoms in total. The van der Waals surface area contributed by atoms with Crippen molar-refractivity contribution in [2.75, 3.05) is 18.4 Å². The third-order valence-electron chi connectivity index (χ3n) is 5.82. The van der Waals surface area contributed by atoms with Crippen LogP contribution in [0.4, 0.5) is 11.6 Å². The fourth-order valence-electron chi connectivity index (χ4n) is 4.16. The van der Waals surface area contributed by atoms with Crippen LogP contribution in [0.5, 0.6) is 0 Å². The smallest absolute Gasteiger partial charge is 0.229 e. The predicted octanol–water partition coefficient (Wildman–Crippen LogP) is 5.85. The number of aryl methyl sites for hydroxylation is 1. The largest absolute Gasteiger partial charge is 0.324 e. The van der Waals surface area contributed by atoms with Gasteiger partial charge in [-0.3, -0.25) is 0 Å². The maximum atomic E-state index is 6.56. The first kappa shape index (κ1) is 21.2. The van der Waals surface area contributed by atoms with Crippen LogP contribution in [-0.4, -0.2) is 32.6 Å². The Hall–Kier alpha value is -2.67. The highest BCUT2D eigenvalue weighted by molar-refractivity contribution is 6.39. The summed E-state index contributed by atoms with van der Waals surface area (Å²) >= 11 is 13.1. The molecule has 0 amide bonds. The number of nitrogens with one attached hydrogen (secondary N) is 2. The summed E-state index contributed by atoms with van der Waals surface area (Å²) in [5.74, 6) is 1.73. The Balaban J connectivity index is 1.60. The molecule has 1 aliphatic rings. The van der Waals surface area contributed by atoms with Crippen LogP contribution in [0.3, 0.4) is 0 Å². The molecule has 164 valence electrons. The lowest BCUT2D eigenvalue weighted by Gasteiger charge is -2.24. The molecule has 2 aromatic heterocycles. The van der Waals surface area contributed by atoms with E-state index in [1.165, 1.54) is 5.56 Å². The van der Waals surface area contributed by atoms with Crippen LogP contribution in [0.1, 0.15) is 18.4 Å². The highest BCUT2D eigenvalue weighted by Gasteiger charge is 2.23. The Morgan fingerprint density at radius 2 is 1.88 bits per heavy atom. The number of anilines is 2. The van der Waals surface area contributed by atoms with Gasteiger partial charge >= 0.3 is 0 Å². The summed E-state index contributed by atoms with van der Waals surface area (Å²) in [7, 11) is 0. The third kappa shape index (κ3) is 4.31. The van der Waals surface area contributed by atoms with Crippen molar-refractivity contribution in [1.82, 2.24) is 24.8 Å². The minimum atomic E-state index is 0.477. The molecule has 32 heavy (non-hydrogen) atoms. The van der Waals surface area contributed by atoms with Gasteiger partial charge in [0.15, 0.2) is 5.65 Å². The van der Waals surface area contributed by atoms with Crippen LogP contribution < -0.4 is 10.6 Å². The van der Waals surface area contributed by atoms with Gasteiger partial charge in [0, 0.05) is 12.2 Å². The van der Waals surface area contributed by atoms with Crippen LogP contribution in [0.2, 0.25) is 10.0 Å². The van der Waals surface area contributed by atoms with Gasteiger partial charge in [0.2, 0.25) is 5.95 Å². The molecule has 3 heterocycles.